The van der Waals surface area contributed by atoms with E-state index in [4.69, 9.17) is 9.15 Å². The monoisotopic (exact) mass is 307 g/mol. The molecule has 1 amide bonds. The van der Waals surface area contributed by atoms with Crippen LogP contribution in [-0.2, 0) is 17.7 Å². The van der Waals surface area contributed by atoms with Crippen molar-refractivity contribution in [3.05, 3.63) is 17.3 Å². The minimum Gasteiger partial charge on any atom is -0.437 e. The summed E-state index contributed by atoms with van der Waals surface area (Å²) >= 11 is 0. The first-order valence-electron chi connectivity index (χ1n) is 8.09. The molecule has 22 heavy (non-hydrogen) atoms. The summed E-state index contributed by atoms with van der Waals surface area (Å²) in [5, 5.41) is 0. The number of carbonyl (C=O) groups excluding carboxylic acids is 1. The van der Waals surface area contributed by atoms with E-state index in [9.17, 15) is 4.79 Å². The van der Waals surface area contributed by atoms with Gasteiger partial charge in [-0.3, -0.25) is 9.69 Å². The van der Waals surface area contributed by atoms with E-state index >= 15 is 0 Å². The molecule has 0 aromatic carbocycles. The Morgan fingerprint density at radius 2 is 2.27 bits per heavy atom. The van der Waals surface area contributed by atoms with Gasteiger partial charge in [0.05, 0.1) is 11.8 Å². The van der Waals surface area contributed by atoms with E-state index in [1.807, 2.05) is 0 Å². The van der Waals surface area contributed by atoms with Crippen LogP contribution in [0.5, 0.6) is 0 Å². The summed E-state index contributed by atoms with van der Waals surface area (Å²) in [5.41, 5.74) is 0.928. The zero-order valence-corrected chi connectivity index (χ0v) is 13.7. The average Bonchev–Trinajstić information content (AvgIpc) is 3.12. The minimum atomic E-state index is -0.107. The number of rotatable bonds is 4. The van der Waals surface area contributed by atoms with Crippen molar-refractivity contribution in [2.45, 2.75) is 39.3 Å². The summed E-state index contributed by atoms with van der Waals surface area (Å²) in [7, 11) is 1.69. The highest BCUT2D eigenvalue weighted by molar-refractivity contribution is 5.90. The molecule has 2 aliphatic rings. The van der Waals surface area contributed by atoms with Gasteiger partial charge in [0.15, 0.2) is 0 Å². The van der Waals surface area contributed by atoms with Crippen LogP contribution >= 0.6 is 0 Å². The third-order valence-electron chi connectivity index (χ3n) is 4.38. The molecule has 0 saturated carbocycles. The van der Waals surface area contributed by atoms with Gasteiger partial charge in [-0.15, -0.1) is 0 Å². The first kappa shape index (κ1) is 15.5. The maximum Gasteiger partial charge on any atom is 0.309 e. The van der Waals surface area contributed by atoms with Gasteiger partial charge in [-0.25, -0.2) is 4.98 Å². The second-order valence-electron chi connectivity index (χ2n) is 6.67. The standard InChI is InChI=1S/C16H25N3O3/c1-11(2)8-18-6-5-14-13(10-18)17-15(22-14)16(20)19-7-4-12(9-19)21-3/h11-12H,4-10H2,1-3H3/t12-/m1/s1. The van der Waals surface area contributed by atoms with Gasteiger partial charge in [0.2, 0.25) is 0 Å². The van der Waals surface area contributed by atoms with Gasteiger partial charge in [0.25, 0.3) is 5.89 Å². The highest BCUT2D eigenvalue weighted by Crippen LogP contribution is 2.22. The molecule has 1 fully saturated rings. The van der Waals surface area contributed by atoms with Crippen LogP contribution < -0.4 is 0 Å². The van der Waals surface area contributed by atoms with Gasteiger partial charge in [0, 0.05) is 46.3 Å². The molecular formula is C16H25N3O3. The first-order chi connectivity index (χ1) is 10.6. The zero-order valence-electron chi connectivity index (χ0n) is 13.7. The Labute approximate surface area is 131 Å². The predicted octanol–water partition coefficient (Wildman–Crippen LogP) is 1.55. The summed E-state index contributed by atoms with van der Waals surface area (Å²) in [6.07, 6.45) is 1.85. The van der Waals surface area contributed by atoms with E-state index in [2.05, 4.69) is 23.7 Å². The second-order valence-corrected chi connectivity index (χ2v) is 6.67. The Morgan fingerprint density at radius 1 is 1.45 bits per heavy atom. The van der Waals surface area contributed by atoms with Crippen LogP contribution in [0.2, 0.25) is 0 Å². The molecule has 1 atom stereocenters. The molecule has 0 spiro atoms. The summed E-state index contributed by atoms with van der Waals surface area (Å²) < 4.78 is 11.0. The lowest BCUT2D eigenvalue weighted by atomic mass is 10.1. The van der Waals surface area contributed by atoms with Crippen LogP contribution in [0.4, 0.5) is 0 Å². The molecule has 1 aromatic rings. The van der Waals surface area contributed by atoms with Crippen molar-refractivity contribution in [2.24, 2.45) is 5.92 Å². The molecule has 2 aliphatic heterocycles. The van der Waals surface area contributed by atoms with Crippen molar-refractivity contribution in [1.82, 2.24) is 14.8 Å². The normalized spacial score (nSPS) is 22.4. The average molecular weight is 307 g/mol. The largest absolute Gasteiger partial charge is 0.437 e. The summed E-state index contributed by atoms with van der Waals surface area (Å²) in [5.74, 6) is 1.65. The van der Waals surface area contributed by atoms with E-state index in [1.54, 1.807) is 12.0 Å². The maximum absolute atomic E-state index is 12.5. The van der Waals surface area contributed by atoms with Crippen LogP contribution in [0.15, 0.2) is 4.42 Å². The van der Waals surface area contributed by atoms with Crippen molar-refractivity contribution < 1.29 is 13.9 Å². The Morgan fingerprint density at radius 3 is 2.95 bits per heavy atom. The van der Waals surface area contributed by atoms with Crippen LogP contribution in [0, 0.1) is 5.92 Å². The van der Waals surface area contributed by atoms with E-state index in [-0.39, 0.29) is 17.9 Å². The minimum absolute atomic E-state index is 0.107. The fourth-order valence-corrected chi connectivity index (χ4v) is 3.26. The molecule has 6 heteroatoms. The molecule has 0 bridgehead atoms. The van der Waals surface area contributed by atoms with Gasteiger partial charge in [-0.1, -0.05) is 13.8 Å². The van der Waals surface area contributed by atoms with E-state index in [1.165, 1.54) is 0 Å². The number of fused-ring (bicyclic) bond motifs is 1. The van der Waals surface area contributed by atoms with Gasteiger partial charge < -0.3 is 14.1 Å². The van der Waals surface area contributed by atoms with Gasteiger partial charge >= 0.3 is 5.91 Å². The Hall–Kier alpha value is -1.40. The Kier molecular flexibility index (Phi) is 4.49. The molecule has 122 valence electrons. The quantitative estimate of drug-likeness (QED) is 0.844. The SMILES string of the molecule is CO[C@@H]1CCN(C(=O)c2nc3c(o2)CCN(CC(C)C)C3)C1. The third kappa shape index (κ3) is 3.17. The molecule has 1 saturated heterocycles. The topological polar surface area (TPSA) is 58.8 Å². The summed E-state index contributed by atoms with van der Waals surface area (Å²) in [4.78, 5) is 21.1. The number of methoxy groups -OCH3 is 1. The number of aromatic nitrogens is 1. The number of oxazole rings is 1. The molecule has 0 N–H and O–H groups in total. The highest BCUT2D eigenvalue weighted by Gasteiger charge is 2.31. The number of likely N-dealkylation sites (tertiary alicyclic amines) is 1. The number of carbonyl (C=O) groups is 1. The van der Waals surface area contributed by atoms with E-state index in [0.717, 1.165) is 43.9 Å². The lowest BCUT2D eigenvalue weighted by molar-refractivity contribution is 0.0687. The molecule has 3 heterocycles. The Bertz CT molecular complexity index is 541. The lowest BCUT2D eigenvalue weighted by Gasteiger charge is -2.26. The van der Waals surface area contributed by atoms with Crippen LogP contribution in [0.1, 0.15) is 42.4 Å². The van der Waals surface area contributed by atoms with Crippen molar-refractivity contribution in [2.75, 3.05) is 33.3 Å². The lowest BCUT2D eigenvalue weighted by Crippen LogP contribution is -2.33. The summed E-state index contributed by atoms with van der Waals surface area (Å²) in [6, 6.07) is 0. The number of amides is 1. The van der Waals surface area contributed by atoms with Crippen LogP contribution in [0.3, 0.4) is 0 Å². The molecule has 3 rings (SSSR count). The fourth-order valence-electron chi connectivity index (χ4n) is 3.26. The van der Waals surface area contributed by atoms with Crippen molar-refractivity contribution in [3.63, 3.8) is 0 Å². The van der Waals surface area contributed by atoms with Gasteiger partial charge in [0.1, 0.15) is 5.76 Å². The molecule has 0 unspecified atom stereocenters. The number of nitrogens with zero attached hydrogens (tertiary/aromatic N) is 3. The highest BCUT2D eigenvalue weighted by atomic mass is 16.5. The van der Waals surface area contributed by atoms with Crippen LogP contribution in [-0.4, -0.2) is 60.1 Å². The summed E-state index contributed by atoms with van der Waals surface area (Å²) in [6.45, 7) is 8.58. The number of ether oxygens (including phenoxy) is 1. The van der Waals surface area contributed by atoms with Gasteiger partial charge in [-0.05, 0) is 12.3 Å². The molecule has 0 aliphatic carbocycles. The Balaban J connectivity index is 1.67. The van der Waals surface area contributed by atoms with Gasteiger partial charge in [-0.2, -0.15) is 0 Å². The smallest absolute Gasteiger partial charge is 0.309 e. The predicted molar refractivity (Wildman–Crippen MR) is 81.6 cm³/mol. The fraction of sp³-hybridized carbons (Fsp3) is 0.750. The maximum atomic E-state index is 12.5. The second kappa shape index (κ2) is 6.38. The number of hydrogen-bond acceptors (Lipinski definition) is 5. The van der Waals surface area contributed by atoms with Crippen LogP contribution in [0.25, 0.3) is 0 Å². The zero-order chi connectivity index (χ0) is 15.7. The van der Waals surface area contributed by atoms with Crippen molar-refractivity contribution >= 4 is 5.91 Å². The first-order valence-corrected chi connectivity index (χ1v) is 8.09. The molecule has 1 aromatic heterocycles. The van der Waals surface area contributed by atoms with Crippen molar-refractivity contribution in [3.8, 4) is 0 Å². The molecular weight excluding hydrogens is 282 g/mol. The van der Waals surface area contributed by atoms with E-state index < -0.39 is 0 Å². The van der Waals surface area contributed by atoms with E-state index in [0.29, 0.717) is 19.0 Å². The molecule has 6 nitrogen and oxygen atoms in total. The van der Waals surface area contributed by atoms with Crippen molar-refractivity contribution in [1.29, 1.82) is 0 Å². The third-order valence-corrected chi connectivity index (χ3v) is 4.38. The molecule has 0 radical (unpaired) electrons. The number of hydrogen-bond donors (Lipinski definition) is 0.